The highest BCUT2D eigenvalue weighted by Crippen LogP contribution is 2.33. The molecule has 8 heteroatoms. The topological polar surface area (TPSA) is 96.2 Å². The van der Waals surface area contributed by atoms with Crippen LogP contribution >= 0.6 is 24.2 Å². The van der Waals surface area contributed by atoms with Crippen LogP contribution in [-0.4, -0.2) is 47.6 Å². The molecule has 0 spiro atoms. The summed E-state index contributed by atoms with van der Waals surface area (Å²) >= 11 is 1.94. The van der Waals surface area contributed by atoms with Gasteiger partial charge in [-0.05, 0) is 38.1 Å². The van der Waals surface area contributed by atoms with Gasteiger partial charge in [0.15, 0.2) is 0 Å². The molecule has 0 radical (unpaired) electrons. The monoisotopic (exact) mass is 390 g/mol. The molecule has 0 aromatic carbocycles. The number of thioether (sulfide) groups is 1. The van der Waals surface area contributed by atoms with Gasteiger partial charge in [-0.2, -0.15) is 11.8 Å². The zero-order valence-electron chi connectivity index (χ0n) is 14.7. The summed E-state index contributed by atoms with van der Waals surface area (Å²) < 4.78 is 0. The van der Waals surface area contributed by atoms with Gasteiger partial charge in [0, 0.05) is 23.5 Å². The van der Waals surface area contributed by atoms with Crippen molar-refractivity contribution in [2.24, 2.45) is 11.7 Å². The van der Waals surface area contributed by atoms with Crippen molar-refractivity contribution in [1.29, 1.82) is 0 Å². The molecule has 5 atom stereocenters. The van der Waals surface area contributed by atoms with E-state index in [4.69, 9.17) is 5.73 Å². The summed E-state index contributed by atoms with van der Waals surface area (Å²) in [6.07, 6.45) is 8.27. The smallest absolute Gasteiger partial charge is 0.315 e. The van der Waals surface area contributed by atoms with Crippen molar-refractivity contribution < 1.29 is 9.59 Å². The summed E-state index contributed by atoms with van der Waals surface area (Å²) in [6.45, 7) is 0.673. The predicted molar refractivity (Wildman–Crippen MR) is 104 cm³/mol. The van der Waals surface area contributed by atoms with E-state index < -0.39 is 0 Å². The molecule has 3 fully saturated rings. The molecule has 1 aliphatic carbocycles. The number of unbranched alkanes of at least 4 members (excludes halogenated alkanes) is 1. The minimum Gasteiger partial charge on any atom is -0.353 e. The van der Waals surface area contributed by atoms with Crippen LogP contribution in [0.1, 0.15) is 51.4 Å². The fourth-order valence-electron chi connectivity index (χ4n) is 4.23. The van der Waals surface area contributed by atoms with Crippen LogP contribution in [-0.2, 0) is 4.79 Å². The van der Waals surface area contributed by atoms with Crippen molar-refractivity contribution in [2.45, 2.75) is 74.7 Å². The van der Waals surface area contributed by atoms with Gasteiger partial charge < -0.3 is 21.7 Å². The number of fused-ring (bicyclic) bond motifs is 1. The Morgan fingerprint density at radius 1 is 1.24 bits per heavy atom. The van der Waals surface area contributed by atoms with Gasteiger partial charge >= 0.3 is 6.03 Å². The van der Waals surface area contributed by atoms with E-state index >= 15 is 0 Å². The van der Waals surface area contributed by atoms with Crippen LogP contribution in [0, 0.1) is 5.92 Å². The number of hydrogen-bond acceptors (Lipinski definition) is 4. The third-order valence-electron chi connectivity index (χ3n) is 5.64. The Hall–Kier alpha value is -0.660. The molecular formula is C17H31ClN4O2S. The molecule has 3 amide bonds. The SMILES string of the molecule is Cl.NCC1CCCCC1NC(=O)CCCC[C@@H]1SC[C@@H]2NC(=O)N[C@@H]21. The fraction of sp³-hybridized carbons (Fsp3) is 0.882. The lowest BCUT2D eigenvalue weighted by atomic mass is 9.84. The van der Waals surface area contributed by atoms with Crippen LogP contribution in [0.3, 0.4) is 0 Å². The Morgan fingerprint density at radius 2 is 2.04 bits per heavy atom. The van der Waals surface area contributed by atoms with Gasteiger partial charge in [-0.1, -0.05) is 19.3 Å². The normalized spacial score (nSPS) is 33.8. The fourth-order valence-corrected chi connectivity index (χ4v) is 5.78. The second-order valence-electron chi connectivity index (χ2n) is 7.32. The van der Waals surface area contributed by atoms with E-state index in [0.29, 0.717) is 24.1 Å². The predicted octanol–water partition coefficient (Wildman–Crippen LogP) is 1.77. The summed E-state index contributed by atoms with van der Waals surface area (Å²) in [4.78, 5) is 23.5. The van der Waals surface area contributed by atoms with Crippen molar-refractivity contribution >= 4 is 36.1 Å². The van der Waals surface area contributed by atoms with Crippen LogP contribution in [0.2, 0.25) is 0 Å². The van der Waals surface area contributed by atoms with Crippen LogP contribution in [0.4, 0.5) is 4.79 Å². The van der Waals surface area contributed by atoms with Gasteiger partial charge in [-0.3, -0.25) is 4.79 Å². The van der Waals surface area contributed by atoms with E-state index in [0.717, 1.165) is 37.9 Å². The number of nitrogens with two attached hydrogens (primary N) is 1. The van der Waals surface area contributed by atoms with E-state index in [2.05, 4.69) is 16.0 Å². The van der Waals surface area contributed by atoms with Gasteiger partial charge in [0.25, 0.3) is 0 Å². The minimum absolute atomic E-state index is 0. The molecule has 144 valence electrons. The Kier molecular flexibility index (Phi) is 8.16. The average molecular weight is 391 g/mol. The number of rotatable bonds is 7. The number of nitrogens with one attached hydrogen (secondary N) is 3. The van der Waals surface area contributed by atoms with E-state index in [1.165, 1.54) is 12.8 Å². The summed E-state index contributed by atoms with van der Waals surface area (Å²) in [5.74, 6) is 1.62. The van der Waals surface area contributed by atoms with Crippen LogP contribution in [0.25, 0.3) is 0 Å². The van der Waals surface area contributed by atoms with Gasteiger partial charge in [-0.15, -0.1) is 12.4 Å². The quantitative estimate of drug-likeness (QED) is 0.393. The van der Waals surface area contributed by atoms with Crippen molar-refractivity contribution in [3.05, 3.63) is 0 Å². The van der Waals surface area contributed by atoms with Gasteiger partial charge in [-0.25, -0.2) is 4.79 Å². The first-order valence-corrected chi connectivity index (χ1v) is 10.4. The maximum absolute atomic E-state index is 12.2. The maximum Gasteiger partial charge on any atom is 0.315 e. The standard InChI is InChI=1S/C17H30N4O2S.ClH/c18-9-11-5-1-2-6-12(11)19-15(22)8-4-3-7-14-16-13(10-24-14)20-17(23)21-16;/h11-14,16H,1-10,18H2,(H,19,22)(H2,20,21,23);1H/t11?,12?,13-,14-,16-;/m0./s1. The lowest BCUT2D eigenvalue weighted by molar-refractivity contribution is -0.122. The van der Waals surface area contributed by atoms with E-state index in [1.807, 2.05) is 11.8 Å². The van der Waals surface area contributed by atoms with Crippen LogP contribution in [0.15, 0.2) is 0 Å². The number of hydrogen-bond donors (Lipinski definition) is 4. The summed E-state index contributed by atoms with van der Waals surface area (Å²) in [6, 6.07) is 0.804. The van der Waals surface area contributed by atoms with Crippen LogP contribution in [0.5, 0.6) is 0 Å². The second-order valence-corrected chi connectivity index (χ2v) is 8.59. The third-order valence-corrected chi connectivity index (χ3v) is 7.15. The number of carbonyl (C=O) groups excluding carboxylic acids is 2. The Morgan fingerprint density at radius 3 is 2.84 bits per heavy atom. The molecule has 2 heterocycles. The second kappa shape index (κ2) is 9.88. The van der Waals surface area contributed by atoms with Crippen molar-refractivity contribution in [1.82, 2.24) is 16.0 Å². The number of carbonyl (C=O) groups is 2. The molecule has 25 heavy (non-hydrogen) atoms. The van der Waals surface area contributed by atoms with E-state index in [9.17, 15) is 9.59 Å². The number of urea groups is 1. The Balaban J connectivity index is 0.00000225. The zero-order chi connectivity index (χ0) is 16.9. The lowest BCUT2D eigenvalue weighted by Crippen LogP contribution is -2.44. The number of halogens is 1. The Bertz CT molecular complexity index is 468. The van der Waals surface area contributed by atoms with Gasteiger partial charge in [0.1, 0.15) is 0 Å². The first kappa shape index (κ1) is 20.6. The summed E-state index contributed by atoms with van der Waals surface area (Å²) in [5.41, 5.74) is 5.82. The highest BCUT2D eigenvalue weighted by atomic mass is 35.5. The Labute approximate surface area is 160 Å². The molecule has 3 rings (SSSR count). The first-order valence-electron chi connectivity index (χ1n) is 9.35. The lowest BCUT2D eigenvalue weighted by Gasteiger charge is -2.31. The molecule has 2 aliphatic heterocycles. The van der Waals surface area contributed by atoms with E-state index in [-0.39, 0.29) is 42.5 Å². The molecule has 2 unspecified atom stereocenters. The number of amides is 3. The van der Waals surface area contributed by atoms with Crippen molar-refractivity contribution in [3.63, 3.8) is 0 Å². The minimum atomic E-state index is -0.0309. The van der Waals surface area contributed by atoms with Gasteiger partial charge in [0.2, 0.25) is 5.91 Å². The van der Waals surface area contributed by atoms with Gasteiger partial charge in [0.05, 0.1) is 12.1 Å². The molecule has 0 bridgehead atoms. The highest BCUT2D eigenvalue weighted by Gasteiger charge is 2.42. The molecular weight excluding hydrogens is 360 g/mol. The molecule has 0 aromatic rings. The van der Waals surface area contributed by atoms with Crippen LogP contribution < -0.4 is 21.7 Å². The molecule has 3 aliphatic rings. The molecule has 0 aromatic heterocycles. The zero-order valence-corrected chi connectivity index (χ0v) is 16.3. The molecule has 6 nitrogen and oxygen atoms in total. The first-order chi connectivity index (χ1) is 11.7. The average Bonchev–Trinajstić information content (AvgIpc) is 3.11. The largest absolute Gasteiger partial charge is 0.353 e. The summed E-state index contributed by atoms with van der Waals surface area (Å²) in [7, 11) is 0. The van der Waals surface area contributed by atoms with Crippen molar-refractivity contribution in [2.75, 3.05) is 12.3 Å². The highest BCUT2D eigenvalue weighted by molar-refractivity contribution is 8.00. The molecule has 1 saturated carbocycles. The summed E-state index contributed by atoms with van der Waals surface area (Å²) in [5, 5.41) is 9.67. The third kappa shape index (κ3) is 5.41. The van der Waals surface area contributed by atoms with E-state index in [1.54, 1.807) is 0 Å². The maximum atomic E-state index is 12.2. The molecule has 5 N–H and O–H groups in total. The molecule has 2 saturated heterocycles. The van der Waals surface area contributed by atoms with Crippen molar-refractivity contribution in [3.8, 4) is 0 Å².